The molecule has 0 aliphatic heterocycles. The van der Waals surface area contributed by atoms with Crippen LogP contribution in [0.4, 0.5) is 13.2 Å². The highest BCUT2D eigenvalue weighted by atomic mass is 19.4. The summed E-state index contributed by atoms with van der Waals surface area (Å²) in [6.07, 6.45) is -4.48. The number of hydrogen-bond donors (Lipinski definition) is 1. The Hall–Kier alpha value is -2.35. The van der Waals surface area contributed by atoms with Crippen molar-refractivity contribution in [3.05, 3.63) is 41.3 Å². The van der Waals surface area contributed by atoms with Gasteiger partial charge in [0, 0.05) is 12.6 Å². The molecule has 1 N–H and O–H groups in total. The Kier molecular flexibility index (Phi) is 4.98. The van der Waals surface area contributed by atoms with Crippen LogP contribution in [0.5, 0.6) is 0 Å². The topological polar surface area (TPSA) is 66.6 Å². The molecular formula is C16H17F3N2O3. The molecule has 0 unspecified atom stereocenters. The highest BCUT2D eigenvalue weighted by Crippen LogP contribution is 2.32. The van der Waals surface area contributed by atoms with Crippen LogP contribution in [0, 0.1) is 6.92 Å². The third kappa shape index (κ3) is 3.59. The molecule has 0 saturated heterocycles. The number of oxazole rings is 1. The molecule has 0 aliphatic rings. The van der Waals surface area contributed by atoms with Crippen molar-refractivity contribution < 1.29 is 27.5 Å². The number of aromatic nitrogens is 1. The Morgan fingerprint density at radius 1 is 1.42 bits per heavy atom. The van der Waals surface area contributed by atoms with Crippen LogP contribution in [0.1, 0.15) is 28.7 Å². The quantitative estimate of drug-likeness (QED) is 0.927. The Balaban J connectivity index is 2.37. The number of alkyl halides is 3. The van der Waals surface area contributed by atoms with Gasteiger partial charge in [-0.2, -0.15) is 13.2 Å². The molecule has 1 aromatic carbocycles. The van der Waals surface area contributed by atoms with Crippen LogP contribution < -0.4 is 0 Å². The summed E-state index contributed by atoms with van der Waals surface area (Å²) in [6.45, 7) is 2.94. The molecule has 1 heterocycles. The Bertz CT molecular complexity index is 740. The van der Waals surface area contributed by atoms with Gasteiger partial charge in [0.1, 0.15) is 5.76 Å². The number of rotatable bonds is 4. The van der Waals surface area contributed by atoms with E-state index in [1.807, 2.05) is 0 Å². The molecule has 0 fully saturated rings. The highest BCUT2D eigenvalue weighted by molar-refractivity contribution is 5.93. The van der Waals surface area contributed by atoms with E-state index in [1.165, 1.54) is 31.0 Å². The third-order valence-corrected chi connectivity index (χ3v) is 3.68. The van der Waals surface area contributed by atoms with Gasteiger partial charge in [0.25, 0.3) is 5.91 Å². The van der Waals surface area contributed by atoms with Crippen molar-refractivity contribution in [1.82, 2.24) is 9.88 Å². The van der Waals surface area contributed by atoms with Gasteiger partial charge in [-0.1, -0.05) is 6.07 Å². The zero-order valence-electron chi connectivity index (χ0n) is 13.4. The summed E-state index contributed by atoms with van der Waals surface area (Å²) in [5.41, 5.74) is -0.690. The van der Waals surface area contributed by atoms with Crippen LogP contribution in [-0.4, -0.2) is 40.6 Å². The van der Waals surface area contributed by atoms with Crippen LogP contribution in [0.25, 0.3) is 11.5 Å². The summed E-state index contributed by atoms with van der Waals surface area (Å²) in [6, 6.07) is 4.11. The zero-order chi connectivity index (χ0) is 18.1. The number of likely N-dealkylation sites (N-methyl/N-ethyl adjacent to an activating group) is 1. The van der Waals surface area contributed by atoms with Crippen molar-refractivity contribution in [3.8, 4) is 11.5 Å². The van der Waals surface area contributed by atoms with E-state index in [4.69, 9.17) is 9.52 Å². The largest absolute Gasteiger partial charge is 0.441 e. The monoisotopic (exact) mass is 342 g/mol. The first kappa shape index (κ1) is 18.0. The molecule has 2 aromatic rings. The third-order valence-electron chi connectivity index (χ3n) is 3.68. The fraction of sp³-hybridized carbons (Fsp3) is 0.375. The number of carbonyl (C=O) groups excluding carboxylic acids is 1. The molecule has 2 rings (SSSR count). The predicted octanol–water partition coefficient (Wildman–Crippen LogP) is 3.12. The lowest BCUT2D eigenvalue weighted by atomic mass is 10.1. The van der Waals surface area contributed by atoms with Gasteiger partial charge in [-0.3, -0.25) is 4.79 Å². The van der Waals surface area contributed by atoms with Gasteiger partial charge in [0.05, 0.1) is 18.2 Å². The fourth-order valence-electron chi connectivity index (χ4n) is 2.04. The second-order valence-corrected chi connectivity index (χ2v) is 5.45. The first-order chi connectivity index (χ1) is 11.1. The van der Waals surface area contributed by atoms with Crippen molar-refractivity contribution in [2.45, 2.75) is 26.1 Å². The van der Waals surface area contributed by atoms with Gasteiger partial charge in [0.15, 0.2) is 5.69 Å². The van der Waals surface area contributed by atoms with Gasteiger partial charge in [-0.05, 0) is 32.0 Å². The summed E-state index contributed by atoms with van der Waals surface area (Å²) < 4.78 is 43.7. The van der Waals surface area contributed by atoms with Crippen molar-refractivity contribution in [1.29, 1.82) is 0 Å². The minimum atomic E-state index is -4.48. The van der Waals surface area contributed by atoms with Crippen LogP contribution in [0.2, 0.25) is 0 Å². The maximum atomic E-state index is 12.8. The lowest BCUT2D eigenvalue weighted by molar-refractivity contribution is -0.137. The minimum Gasteiger partial charge on any atom is -0.441 e. The maximum Gasteiger partial charge on any atom is 0.416 e. The van der Waals surface area contributed by atoms with Crippen molar-refractivity contribution in [3.63, 3.8) is 0 Å². The Labute approximate surface area is 136 Å². The number of amides is 1. The van der Waals surface area contributed by atoms with E-state index in [9.17, 15) is 18.0 Å². The predicted molar refractivity (Wildman–Crippen MR) is 80.3 cm³/mol. The number of nitrogens with zero attached hydrogens (tertiary/aromatic N) is 2. The number of carbonyl (C=O) groups is 1. The van der Waals surface area contributed by atoms with Gasteiger partial charge < -0.3 is 14.4 Å². The van der Waals surface area contributed by atoms with Crippen LogP contribution in [0.15, 0.2) is 28.7 Å². The number of aliphatic hydroxyl groups excluding tert-OH is 1. The van der Waals surface area contributed by atoms with Gasteiger partial charge in [-0.25, -0.2) is 4.98 Å². The van der Waals surface area contributed by atoms with Crippen molar-refractivity contribution >= 4 is 5.91 Å². The molecule has 1 aromatic heterocycles. The molecule has 5 nitrogen and oxygen atoms in total. The number of hydrogen-bond acceptors (Lipinski definition) is 4. The SMILES string of the molecule is Cc1oc(-c2cccc(C(F)(F)F)c2)nc1C(=O)N(C)[C@H](C)CO. The first-order valence-electron chi connectivity index (χ1n) is 7.18. The number of aryl methyl sites for hydroxylation is 1. The van der Waals surface area contributed by atoms with E-state index in [0.717, 1.165) is 12.1 Å². The van der Waals surface area contributed by atoms with Gasteiger partial charge >= 0.3 is 6.18 Å². The van der Waals surface area contributed by atoms with E-state index in [-0.39, 0.29) is 29.5 Å². The number of benzene rings is 1. The number of halogens is 3. The molecule has 24 heavy (non-hydrogen) atoms. The zero-order valence-corrected chi connectivity index (χ0v) is 13.4. The molecule has 8 heteroatoms. The molecular weight excluding hydrogens is 325 g/mol. The normalized spacial score (nSPS) is 13.0. The van der Waals surface area contributed by atoms with Crippen LogP contribution in [-0.2, 0) is 6.18 Å². The molecule has 1 atom stereocenters. The second kappa shape index (κ2) is 6.64. The molecule has 0 saturated carbocycles. The minimum absolute atomic E-state index is 0.00483. The molecule has 0 aliphatic carbocycles. The average molecular weight is 342 g/mol. The lowest BCUT2D eigenvalue weighted by Gasteiger charge is -2.22. The molecule has 1 amide bonds. The number of aliphatic hydroxyl groups is 1. The Morgan fingerprint density at radius 3 is 2.67 bits per heavy atom. The van der Waals surface area contributed by atoms with Gasteiger partial charge in [0.2, 0.25) is 5.89 Å². The molecule has 0 bridgehead atoms. The van der Waals surface area contributed by atoms with E-state index in [0.29, 0.717) is 0 Å². The second-order valence-electron chi connectivity index (χ2n) is 5.45. The van der Waals surface area contributed by atoms with Crippen LogP contribution in [0.3, 0.4) is 0 Å². The lowest BCUT2D eigenvalue weighted by Crippen LogP contribution is -2.37. The first-order valence-corrected chi connectivity index (χ1v) is 7.18. The van der Waals surface area contributed by atoms with Crippen LogP contribution >= 0.6 is 0 Å². The highest BCUT2D eigenvalue weighted by Gasteiger charge is 2.31. The smallest absolute Gasteiger partial charge is 0.416 e. The van der Waals surface area contributed by atoms with E-state index in [1.54, 1.807) is 6.92 Å². The van der Waals surface area contributed by atoms with E-state index < -0.39 is 23.7 Å². The fourth-order valence-corrected chi connectivity index (χ4v) is 2.04. The summed E-state index contributed by atoms with van der Waals surface area (Å²) in [5, 5.41) is 9.12. The molecule has 130 valence electrons. The van der Waals surface area contributed by atoms with Gasteiger partial charge in [-0.15, -0.1) is 0 Å². The van der Waals surface area contributed by atoms with E-state index >= 15 is 0 Å². The molecule has 0 radical (unpaired) electrons. The Morgan fingerprint density at radius 2 is 2.08 bits per heavy atom. The maximum absolute atomic E-state index is 12.8. The summed E-state index contributed by atoms with van der Waals surface area (Å²) in [4.78, 5) is 17.7. The summed E-state index contributed by atoms with van der Waals surface area (Å²) in [7, 11) is 1.50. The summed E-state index contributed by atoms with van der Waals surface area (Å²) >= 11 is 0. The van der Waals surface area contributed by atoms with Crippen molar-refractivity contribution in [2.24, 2.45) is 0 Å². The average Bonchev–Trinajstić information content (AvgIpc) is 2.94. The molecule has 0 spiro atoms. The summed E-state index contributed by atoms with van der Waals surface area (Å²) in [5.74, 6) is -0.340. The standard InChI is InChI=1S/C16H17F3N2O3/c1-9(8-22)21(3)15(23)13-10(2)24-14(20-13)11-5-4-6-12(7-11)16(17,18)19/h4-7,9,22H,8H2,1-3H3/t9-/m1/s1. The van der Waals surface area contributed by atoms with E-state index in [2.05, 4.69) is 4.98 Å². The van der Waals surface area contributed by atoms with Crippen molar-refractivity contribution in [2.75, 3.05) is 13.7 Å².